The molecule has 2 aliphatic rings. The third-order valence-electron chi connectivity index (χ3n) is 6.35. The molecule has 8 nitrogen and oxygen atoms in total. The summed E-state index contributed by atoms with van der Waals surface area (Å²) < 4.78 is 1.89. The van der Waals surface area contributed by atoms with Crippen LogP contribution in [0.5, 0.6) is 0 Å². The number of aromatic nitrogens is 3. The molecule has 0 spiro atoms. The summed E-state index contributed by atoms with van der Waals surface area (Å²) in [5.74, 6) is -0.379. The number of aromatic amines is 1. The van der Waals surface area contributed by atoms with Crippen molar-refractivity contribution in [2.75, 3.05) is 0 Å². The number of carbonyl (C=O) groups excluding carboxylic acids is 2. The lowest BCUT2D eigenvalue weighted by molar-refractivity contribution is 0.0946. The first kappa shape index (κ1) is 21.7. The SMILES string of the molecule is O=C(NCc1nc2ccc(Cl)cc2[nH]1)c1cn(C2CCCCC2)cc(C(=O)NC2CC2)c1=O. The fourth-order valence-electron chi connectivity index (χ4n) is 4.38. The Morgan fingerprint density at radius 2 is 1.79 bits per heavy atom. The second-order valence-corrected chi connectivity index (χ2v) is 9.37. The van der Waals surface area contributed by atoms with Gasteiger partial charge in [-0.25, -0.2) is 4.98 Å². The Bertz CT molecular complexity index is 1270. The highest BCUT2D eigenvalue weighted by Crippen LogP contribution is 2.28. The van der Waals surface area contributed by atoms with E-state index in [1.807, 2.05) is 4.57 Å². The summed E-state index contributed by atoms with van der Waals surface area (Å²) in [6.07, 6.45) is 10.4. The summed E-state index contributed by atoms with van der Waals surface area (Å²) in [4.78, 5) is 46.5. The zero-order valence-corrected chi connectivity index (χ0v) is 19.0. The molecular formula is C24H26ClN5O3. The molecule has 0 bridgehead atoms. The minimum absolute atomic E-state index is 0.0248. The molecule has 2 amide bonds. The number of imidazole rings is 1. The predicted molar refractivity (Wildman–Crippen MR) is 126 cm³/mol. The number of fused-ring (bicyclic) bond motifs is 1. The molecule has 33 heavy (non-hydrogen) atoms. The van der Waals surface area contributed by atoms with Crippen molar-refractivity contribution in [2.45, 2.75) is 63.6 Å². The second kappa shape index (κ2) is 9.02. The van der Waals surface area contributed by atoms with Crippen LogP contribution in [0.3, 0.4) is 0 Å². The molecule has 0 radical (unpaired) electrons. The molecule has 2 saturated carbocycles. The highest BCUT2D eigenvalue weighted by molar-refractivity contribution is 6.31. The number of hydrogen-bond donors (Lipinski definition) is 3. The maximum atomic E-state index is 13.1. The van der Waals surface area contributed by atoms with Gasteiger partial charge in [-0.05, 0) is 43.9 Å². The van der Waals surface area contributed by atoms with Gasteiger partial charge in [-0.2, -0.15) is 0 Å². The lowest BCUT2D eigenvalue weighted by Crippen LogP contribution is -2.36. The van der Waals surface area contributed by atoms with Crippen LogP contribution in [-0.2, 0) is 6.54 Å². The maximum absolute atomic E-state index is 13.1. The summed E-state index contributed by atoms with van der Waals surface area (Å²) in [6.45, 7) is 0.118. The van der Waals surface area contributed by atoms with Crippen molar-refractivity contribution in [2.24, 2.45) is 0 Å². The molecule has 3 aromatic rings. The summed E-state index contributed by atoms with van der Waals surface area (Å²) in [7, 11) is 0. The molecule has 0 unspecified atom stereocenters. The fraction of sp³-hybridized carbons (Fsp3) is 0.417. The Morgan fingerprint density at radius 1 is 1.06 bits per heavy atom. The van der Waals surface area contributed by atoms with E-state index in [2.05, 4.69) is 20.6 Å². The monoisotopic (exact) mass is 467 g/mol. The Labute approximate surface area is 195 Å². The van der Waals surface area contributed by atoms with Crippen molar-refractivity contribution in [3.05, 3.63) is 62.8 Å². The zero-order valence-electron chi connectivity index (χ0n) is 18.2. The predicted octanol–water partition coefficient (Wildman–Crippen LogP) is 3.71. The van der Waals surface area contributed by atoms with Crippen molar-refractivity contribution in [1.82, 2.24) is 25.2 Å². The lowest BCUT2D eigenvalue weighted by atomic mass is 9.95. The molecule has 3 N–H and O–H groups in total. The van der Waals surface area contributed by atoms with E-state index >= 15 is 0 Å². The fourth-order valence-corrected chi connectivity index (χ4v) is 4.55. The average Bonchev–Trinajstić information content (AvgIpc) is 3.54. The molecule has 0 saturated heterocycles. The van der Waals surface area contributed by atoms with Gasteiger partial charge in [0.1, 0.15) is 17.0 Å². The molecule has 0 atom stereocenters. The Balaban J connectivity index is 1.41. The molecular weight excluding hydrogens is 442 g/mol. The van der Waals surface area contributed by atoms with Crippen LogP contribution in [-0.4, -0.2) is 32.4 Å². The topological polar surface area (TPSA) is 109 Å². The first-order valence-corrected chi connectivity index (χ1v) is 11.8. The Hall–Kier alpha value is -3.13. The lowest BCUT2D eigenvalue weighted by Gasteiger charge is -2.25. The van der Waals surface area contributed by atoms with E-state index in [-0.39, 0.29) is 29.8 Å². The van der Waals surface area contributed by atoms with Crippen LogP contribution in [0.2, 0.25) is 5.02 Å². The molecule has 2 aromatic heterocycles. The van der Waals surface area contributed by atoms with Crippen molar-refractivity contribution < 1.29 is 9.59 Å². The van der Waals surface area contributed by atoms with Crippen LogP contribution >= 0.6 is 11.6 Å². The van der Waals surface area contributed by atoms with Crippen LogP contribution in [0.15, 0.2) is 35.4 Å². The summed E-state index contributed by atoms with van der Waals surface area (Å²) in [5, 5.41) is 6.23. The number of carbonyl (C=O) groups is 2. The normalized spacial score (nSPS) is 16.6. The van der Waals surface area contributed by atoms with Crippen LogP contribution < -0.4 is 16.1 Å². The van der Waals surface area contributed by atoms with Crippen LogP contribution in [0, 0.1) is 0 Å². The molecule has 0 aliphatic heterocycles. The van der Waals surface area contributed by atoms with Crippen molar-refractivity contribution in [1.29, 1.82) is 0 Å². The number of rotatable bonds is 6. The van der Waals surface area contributed by atoms with Gasteiger partial charge in [-0.1, -0.05) is 30.9 Å². The average molecular weight is 468 g/mol. The van der Waals surface area contributed by atoms with E-state index in [4.69, 9.17) is 11.6 Å². The summed E-state index contributed by atoms with van der Waals surface area (Å²) in [5.41, 5.74) is 0.961. The molecule has 2 heterocycles. The number of pyridine rings is 1. The molecule has 5 rings (SSSR count). The maximum Gasteiger partial charge on any atom is 0.257 e. The molecule has 2 fully saturated rings. The molecule has 2 aliphatic carbocycles. The number of hydrogen-bond acceptors (Lipinski definition) is 4. The van der Waals surface area contributed by atoms with E-state index in [1.165, 1.54) is 6.42 Å². The minimum Gasteiger partial charge on any atom is -0.349 e. The Morgan fingerprint density at radius 3 is 2.52 bits per heavy atom. The van der Waals surface area contributed by atoms with Gasteiger partial charge in [-0.3, -0.25) is 14.4 Å². The summed E-state index contributed by atoms with van der Waals surface area (Å²) >= 11 is 6.02. The third-order valence-corrected chi connectivity index (χ3v) is 6.59. The quantitative estimate of drug-likeness (QED) is 0.513. The minimum atomic E-state index is -0.547. The standard InChI is InChI=1S/C24H26ClN5O3/c25-14-6-9-19-20(10-14)29-21(28-19)11-26-23(32)17-12-30(16-4-2-1-3-5-16)13-18(22(17)31)24(33)27-15-7-8-15/h6,9-10,12-13,15-16H,1-5,7-8,11H2,(H,26,32)(H,27,33)(H,28,29). The van der Waals surface area contributed by atoms with Crippen molar-refractivity contribution in [3.63, 3.8) is 0 Å². The first-order chi connectivity index (χ1) is 16.0. The molecule has 9 heteroatoms. The number of amides is 2. The number of H-pyrrole nitrogens is 1. The van der Waals surface area contributed by atoms with Crippen LogP contribution in [0.25, 0.3) is 11.0 Å². The van der Waals surface area contributed by atoms with Crippen LogP contribution in [0.1, 0.15) is 77.5 Å². The van der Waals surface area contributed by atoms with Gasteiger partial charge in [0.15, 0.2) is 0 Å². The number of halogens is 1. The number of nitrogens with one attached hydrogen (secondary N) is 3. The van der Waals surface area contributed by atoms with Crippen molar-refractivity contribution >= 4 is 34.4 Å². The van der Waals surface area contributed by atoms with E-state index < -0.39 is 17.2 Å². The van der Waals surface area contributed by atoms with Crippen molar-refractivity contribution in [3.8, 4) is 0 Å². The number of benzene rings is 1. The van der Waals surface area contributed by atoms with Gasteiger partial charge in [0, 0.05) is 29.5 Å². The largest absolute Gasteiger partial charge is 0.349 e. The highest BCUT2D eigenvalue weighted by atomic mass is 35.5. The first-order valence-electron chi connectivity index (χ1n) is 11.5. The van der Waals surface area contributed by atoms with Crippen LogP contribution in [0.4, 0.5) is 0 Å². The molecule has 172 valence electrons. The van der Waals surface area contributed by atoms with Gasteiger partial charge < -0.3 is 20.2 Å². The zero-order chi connectivity index (χ0) is 22.9. The van der Waals surface area contributed by atoms with Gasteiger partial charge in [-0.15, -0.1) is 0 Å². The van der Waals surface area contributed by atoms with Gasteiger partial charge in [0.05, 0.1) is 17.6 Å². The smallest absolute Gasteiger partial charge is 0.257 e. The molecule has 1 aromatic carbocycles. The highest BCUT2D eigenvalue weighted by Gasteiger charge is 2.27. The second-order valence-electron chi connectivity index (χ2n) is 8.93. The third kappa shape index (κ3) is 4.80. The summed E-state index contributed by atoms with van der Waals surface area (Å²) in [6, 6.07) is 5.61. The Kier molecular flexibility index (Phi) is 5.93. The van der Waals surface area contributed by atoms with E-state index in [9.17, 15) is 14.4 Å². The van der Waals surface area contributed by atoms with E-state index in [0.717, 1.165) is 49.6 Å². The van der Waals surface area contributed by atoms with Gasteiger partial charge in [0.2, 0.25) is 5.43 Å². The van der Waals surface area contributed by atoms with E-state index in [1.54, 1.807) is 30.6 Å². The number of nitrogens with zero attached hydrogens (tertiary/aromatic N) is 2. The van der Waals surface area contributed by atoms with Gasteiger partial charge in [0.25, 0.3) is 11.8 Å². The van der Waals surface area contributed by atoms with Gasteiger partial charge >= 0.3 is 0 Å². The van der Waals surface area contributed by atoms with E-state index in [0.29, 0.717) is 10.8 Å².